The lowest BCUT2D eigenvalue weighted by molar-refractivity contribution is 0.174. The van der Waals surface area contributed by atoms with Crippen molar-refractivity contribution in [2.75, 3.05) is 11.7 Å². The SMILES string of the molecule is Cc1ccccc1-n1c(C)cc(C2C(c3ccccn3)NC(=S)N2c2ccc3c(c2)OCO3)c1C. The Balaban J connectivity index is 1.52. The number of nitrogens with zero attached hydrogens (tertiary/aromatic N) is 3. The largest absolute Gasteiger partial charge is 0.454 e. The molecule has 2 atom stereocenters. The Labute approximate surface area is 210 Å². The van der Waals surface area contributed by atoms with Crippen molar-refractivity contribution in [3.63, 3.8) is 0 Å². The molecule has 1 fully saturated rings. The molecule has 4 heterocycles. The summed E-state index contributed by atoms with van der Waals surface area (Å²) in [6.07, 6.45) is 1.83. The highest BCUT2D eigenvalue weighted by Gasteiger charge is 2.42. The number of rotatable bonds is 4. The minimum absolute atomic E-state index is 0.0956. The molecule has 2 aliphatic heterocycles. The van der Waals surface area contributed by atoms with Gasteiger partial charge in [-0.15, -0.1) is 0 Å². The molecule has 0 aliphatic carbocycles. The molecule has 2 aromatic carbocycles. The van der Waals surface area contributed by atoms with E-state index in [1.54, 1.807) is 0 Å². The number of para-hydroxylation sites is 1. The molecule has 176 valence electrons. The van der Waals surface area contributed by atoms with Gasteiger partial charge < -0.3 is 24.3 Å². The summed E-state index contributed by atoms with van der Waals surface area (Å²) in [6, 6.07) is 22.5. The molecule has 2 aromatic heterocycles. The first kappa shape index (κ1) is 21.7. The van der Waals surface area contributed by atoms with Gasteiger partial charge in [0.1, 0.15) is 0 Å². The Morgan fingerprint density at radius 2 is 1.74 bits per heavy atom. The maximum absolute atomic E-state index is 5.91. The molecule has 4 aromatic rings. The van der Waals surface area contributed by atoms with Crippen molar-refractivity contribution in [3.8, 4) is 17.2 Å². The zero-order chi connectivity index (χ0) is 24.1. The van der Waals surface area contributed by atoms with Crippen LogP contribution in [0.25, 0.3) is 5.69 Å². The fraction of sp³-hybridized carbons (Fsp3) is 0.214. The molecular weight excluding hydrogens is 456 g/mol. The third-order valence-electron chi connectivity index (χ3n) is 6.88. The maximum atomic E-state index is 5.91. The van der Waals surface area contributed by atoms with Crippen molar-refractivity contribution in [2.24, 2.45) is 0 Å². The number of aryl methyl sites for hydroxylation is 2. The average molecular weight is 483 g/mol. The molecule has 0 bridgehead atoms. The third kappa shape index (κ3) is 3.54. The van der Waals surface area contributed by atoms with Gasteiger partial charge in [0.2, 0.25) is 6.79 Å². The van der Waals surface area contributed by atoms with E-state index in [2.05, 4.69) is 76.9 Å². The number of ether oxygens (including phenoxy) is 2. The lowest BCUT2D eigenvalue weighted by atomic mass is 9.96. The van der Waals surface area contributed by atoms with E-state index in [1.165, 1.54) is 28.2 Å². The van der Waals surface area contributed by atoms with Crippen LogP contribution < -0.4 is 19.7 Å². The number of hydrogen-bond donors (Lipinski definition) is 1. The van der Waals surface area contributed by atoms with Crippen molar-refractivity contribution in [3.05, 3.63) is 101 Å². The van der Waals surface area contributed by atoms with Gasteiger partial charge in [-0.1, -0.05) is 24.3 Å². The number of nitrogens with one attached hydrogen (secondary N) is 1. The summed E-state index contributed by atoms with van der Waals surface area (Å²) in [5.74, 6) is 1.48. The molecule has 6 rings (SSSR count). The highest BCUT2D eigenvalue weighted by molar-refractivity contribution is 7.80. The molecule has 35 heavy (non-hydrogen) atoms. The molecule has 6 nitrogen and oxygen atoms in total. The Bertz CT molecular complexity index is 1430. The summed E-state index contributed by atoms with van der Waals surface area (Å²) in [7, 11) is 0. The van der Waals surface area contributed by atoms with Gasteiger partial charge in [0.15, 0.2) is 16.6 Å². The molecule has 2 aliphatic rings. The van der Waals surface area contributed by atoms with E-state index in [0.717, 1.165) is 22.9 Å². The van der Waals surface area contributed by atoms with Crippen LogP contribution in [0.2, 0.25) is 0 Å². The van der Waals surface area contributed by atoms with Crippen LogP contribution in [0.1, 0.15) is 40.3 Å². The predicted molar refractivity (Wildman–Crippen MR) is 140 cm³/mol. The van der Waals surface area contributed by atoms with Crippen molar-refractivity contribution >= 4 is 23.0 Å². The summed E-state index contributed by atoms with van der Waals surface area (Å²) in [5.41, 5.74) is 7.88. The molecule has 2 unspecified atom stereocenters. The van der Waals surface area contributed by atoms with E-state index in [4.69, 9.17) is 21.7 Å². The van der Waals surface area contributed by atoms with Gasteiger partial charge in [-0.3, -0.25) is 4.98 Å². The lowest BCUT2D eigenvalue weighted by Gasteiger charge is -2.28. The molecule has 0 saturated carbocycles. The second kappa shape index (κ2) is 8.43. The first-order chi connectivity index (χ1) is 17.0. The van der Waals surface area contributed by atoms with E-state index in [1.807, 2.05) is 36.5 Å². The Hall–Kier alpha value is -3.84. The zero-order valence-electron chi connectivity index (χ0n) is 19.9. The van der Waals surface area contributed by atoms with Crippen molar-refractivity contribution in [1.82, 2.24) is 14.9 Å². The van der Waals surface area contributed by atoms with E-state index in [0.29, 0.717) is 5.11 Å². The third-order valence-corrected chi connectivity index (χ3v) is 7.19. The summed E-state index contributed by atoms with van der Waals surface area (Å²) in [6.45, 7) is 6.72. The number of aromatic nitrogens is 2. The number of pyridine rings is 1. The highest BCUT2D eigenvalue weighted by Crippen LogP contribution is 2.46. The Kier molecular flexibility index (Phi) is 5.22. The molecule has 7 heteroatoms. The summed E-state index contributed by atoms with van der Waals surface area (Å²) >= 11 is 5.91. The number of anilines is 1. The van der Waals surface area contributed by atoms with Crippen LogP contribution in [0.5, 0.6) is 11.5 Å². The molecule has 0 spiro atoms. The second-order valence-electron chi connectivity index (χ2n) is 8.98. The number of thiocarbonyl (C=S) groups is 1. The van der Waals surface area contributed by atoms with Crippen LogP contribution in [0.4, 0.5) is 5.69 Å². The van der Waals surface area contributed by atoms with Crippen molar-refractivity contribution in [1.29, 1.82) is 0 Å². The fourth-order valence-electron chi connectivity index (χ4n) is 5.26. The summed E-state index contributed by atoms with van der Waals surface area (Å²) < 4.78 is 13.5. The summed E-state index contributed by atoms with van der Waals surface area (Å²) in [4.78, 5) is 6.87. The Morgan fingerprint density at radius 3 is 2.54 bits per heavy atom. The van der Waals surface area contributed by atoms with Crippen LogP contribution >= 0.6 is 12.2 Å². The smallest absolute Gasteiger partial charge is 0.231 e. The normalized spacial score (nSPS) is 18.7. The monoisotopic (exact) mass is 482 g/mol. The average Bonchev–Trinajstić information content (AvgIpc) is 3.55. The molecule has 1 N–H and O–H groups in total. The quantitative estimate of drug-likeness (QED) is 0.377. The standard InChI is InChI=1S/C28H26N4O2S/c1-17-8-4-5-10-23(17)31-18(2)14-21(19(31)3)27-26(22-9-6-7-13-29-22)30-28(35)32(27)20-11-12-24-25(15-20)34-16-33-24/h4-15,26-27H,16H2,1-3H3,(H,30,35). The minimum atomic E-state index is -0.111. The van der Waals surface area contributed by atoms with E-state index in [9.17, 15) is 0 Å². The molecule has 0 amide bonds. The van der Waals surface area contributed by atoms with Gasteiger partial charge in [0.05, 0.1) is 17.8 Å². The van der Waals surface area contributed by atoms with E-state index in [-0.39, 0.29) is 18.9 Å². The minimum Gasteiger partial charge on any atom is -0.454 e. The van der Waals surface area contributed by atoms with E-state index < -0.39 is 0 Å². The van der Waals surface area contributed by atoms with Gasteiger partial charge in [-0.25, -0.2) is 0 Å². The molecular formula is C28H26N4O2S. The van der Waals surface area contributed by atoms with Crippen molar-refractivity contribution in [2.45, 2.75) is 32.9 Å². The van der Waals surface area contributed by atoms with Crippen LogP contribution in [0.3, 0.4) is 0 Å². The van der Waals surface area contributed by atoms with Crippen LogP contribution in [0, 0.1) is 20.8 Å². The van der Waals surface area contributed by atoms with Gasteiger partial charge in [-0.05, 0) is 80.5 Å². The predicted octanol–water partition coefficient (Wildman–Crippen LogP) is 5.70. The van der Waals surface area contributed by atoms with Gasteiger partial charge in [0, 0.05) is 35.0 Å². The van der Waals surface area contributed by atoms with Gasteiger partial charge in [0.25, 0.3) is 0 Å². The molecule has 1 saturated heterocycles. The Morgan fingerprint density at radius 1 is 0.943 bits per heavy atom. The van der Waals surface area contributed by atoms with Gasteiger partial charge in [-0.2, -0.15) is 0 Å². The first-order valence-electron chi connectivity index (χ1n) is 11.7. The maximum Gasteiger partial charge on any atom is 0.231 e. The number of benzene rings is 2. The van der Waals surface area contributed by atoms with Crippen LogP contribution in [-0.4, -0.2) is 21.5 Å². The topological polar surface area (TPSA) is 51.6 Å². The number of hydrogen-bond acceptors (Lipinski definition) is 4. The van der Waals surface area contributed by atoms with Crippen LogP contribution in [0.15, 0.2) is 72.9 Å². The summed E-state index contributed by atoms with van der Waals surface area (Å²) in [5, 5.41) is 4.21. The fourth-order valence-corrected chi connectivity index (χ4v) is 5.60. The highest BCUT2D eigenvalue weighted by atomic mass is 32.1. The zero-order valence-corrected chi connectivity index (χ0v) is 20.7. The van der Waals surface area contributed by atoms with Crippen molar-refractivity contribution < 1.29 is 9.47 Å². The van der Waals surface area contributed by atoms with Crippen LogP contribution in [-0.2, 0) is 0 Å². The second-order valence-corrected chi connectivity index (χ2v) is 9.37. The molecule has 0 radical (unpaired) electrons. The first-order valence-corrected chi connectivity index (χ1v) is 12.1. The van der Waals surface area contributed by atoms with E-state index >= 15 is 0 Å². The number of fused-ring (bicyclic) bond motifs is 1. The van der Waals surface area contributed by atoms with Gasteiger partial charge >= 0.3 is 0 Å². The lowest BCUT2D eigenvalue weighted by Crippen LogP contribution is -2.29.